The lowest BCUT2D eigenvalue weighted by Crippen LogP contribution is -2.33. The molecule has 0 saturated carbocycles. The highest BCUT2D eigenvalue weighted by atomic mass is 16.1. The van der Waals surface area contributed by atoms with Gasteiger partial charge < -0.3 is 25.2 Å². The Hall–Kier alpha value is -4.21. The number of nitrogens with one attached hydrogen (secondary N) is 2. The molecule has 1 aliphatic heterocycles. The van der Waals surface area contributed by atoms with Crippen molar-refractivity contribution in [3.63, 3.8) is 0 Å². The van der Waals surface area contributed by atoms with E-state index in [0.717, 1.165) is 65.3 Å². The smallest absolute Gasteiger partial charge is 0.323 e. The van der Waals surface area contributed by atoms with Gasteiger partial charge in [0.05, 0.1) is 11.0 Å². The van der Waals surface area contributed by atoms with E-state index in [-0.39, 0.29) is 5.69 Å². The summed E-state index contributed by atoms with van der Waals surface area (Å²) in [6, 6.07) is 9.86. The maximum atomic E-state index is 11.6. The van der Waals surface area contributed by atoms with Crippen LogP contribution >= 0.6 is 0 Å². The van der Waals surface area contributed by atoms with Crippen LogP contribution in [0.1, 0.15) is 24.3 Å². The Labute approximate surface area is 188 Å². The van der Waals surface area contributed by atoms with Crippen molar-refractivity contribution in [3.8, 4) is 11.4 Å². The van der Waals surface area contributed by atoms with Gasteiger partial charge in [-0.2, -0.15) is 0 Å². The van der Waals surface area contributed by atoms with Gasteiger partial charge >= 0.3 is 5.69 Å². The Bertz CT molecular complexity index is 1520. The van der Waals surface area contributed by atoms with Gasteiger partial charge in [0, 0.05) is 31.9 Å². The molecule has 1 aromatic carbocycles. The van der Waals surface area contributed by atoms with Gasteiger partial charge in [-0.15, -0.1) is 0 Å². The molecule has 1 fully saturated rings. The number of pyridine rings is 1. The zero-order valence-electron chi connectivity index (χ0n) is 18.1. The fourth-order valence-electron chi connectivity index (χ4n) is 4.74. The van der Waals surface area contributed by atoms with Crippen LogP contribution in [0.3, 0.4) is 0 Å². The van der Waals surface area contributed by atoms with Gasteiger partial charge in [-0.1, -0.05) is 6.07 Å². The Morgan fingerprint density at radius 1 is 1.03 bits per heavy atom. The third kappa shape index (κ3) is 3.30. The minimum atomic E-state index is -0.172. The average Bonchev–Trinajstić information content (AvgIpc) is 3.38. The Kier molecular flexibility index (Phi) is 4.39. The third-order valence-electron chi connectivity index (χ3n) is 6.49. The van der Waals surface area contributed by atoms with E-state index in [2.05, 4.69) is 42.0 Å². The topological polar surface area (TPSA) is 134 Å². The van der Waals surface area contributed by atoms with E-state index in [4.69, 9.17) is 10.7 Å². The summed E-state index contributed by atoms with van der Waals surface area (Å²) in [5.41, 5.74) is 11.0. The number of piperidine rings is 1. The number of anilines is 2. The Morgan fingerprint density at radius 3 is 2.64 bits per heavy atom. The van der Waals surface area contributed by atoms with Crippen molar-refractivity contribution in [3.05, 3.63) is 58.9 Å². The summed E-state index contributed by atoms with van der Waals surface area (Å²) in [6.45, 7) is 1.74. The van der Waals surface area contributed by atoms with E-state index in [9.17, 15) is 4.79 Å². The SMILES string of the molecule is Cn1c(-c2ccc(N)nc2)nc2c(N3CCC(c4ccc5[nH]c(=O)[nH]c5c4)CC3)ncnc21. The number of imidazole rings is 2. The number of rotatable bonds is 3. The number of aromatic nitrogens is 7. The van der Waals surface area contributed by atoms with Gasteiger partial charge in [0.2, 0.25) is 0 Å². The van der Waals surface area contributed by atoms with Gasteiger partial charge in [0.25, 0.3) is 0 Å². The van der Waals surface area contributed by atoms with E-state index in [0.29, 0.717) is 11.7 Å². The summed E-state index contributed by atoms with van der Waals surface area (Å²) in [6.07, 6.45) is 5.32. The van der Waals surface area contributed by atoms with Crippen LogP contribution in [0.5, 0.6) is 0 Å². The molecule has 0 spiro atoms. The summed E-state index contributed by atoms with van der Waals surface area (Å²) >= 11 is 0. The molecule has 33 heavy (non-hydrogen) atoms. The molecule has 0 atom stereocenters. The van der Waals surface area contributed by atoms with Crippen LogP contribution in [0.2, 0.25) is 0 Å². The predicted molar refractivity (Wildman–Crippen MR) is 127 cm³/mol. The lowest BCUT2D eigenvalue weighted by atomic mass is 9.89. The second-order valence-corrected chi connectivity index (χ2v) is 8.48. The van der Waals surface area contributed by atoms with Crippen molar-refractivity contribution in [2.45, 2.75) is 18.8 Å². The first-order valence-corrected chi connectivity index (χ1v) is 10.9. The van der Waals surface area contributed by atoms with E-state index >= 15 is 0 Å². The van der Waals surface area contributed by atoms with Gasteiger partial charge in [-0.25, -0.2) is 24.7 Å². The molecule has 0 amide bonds. The summed E-state index contributed by atoms with van der Waals surface area (Å²) in [4.78, 5) is 37.7. The summed E-state index contributed by atoms with van der Waals surface area (Å²) in [5.74, 6) is 2.54. The molecule has 10 nitrogen and oxygen atoms in total. The van der Waals surface area contributed by atoms with Gasteiger partial charge in [0.15, 0.2) is 17.0 Å². The summed E-state index contributed by atoms with van der Waals surface area (Å²) < 4.78 is 1.97. The van der Waals surface area contributed by atoms with E-state index in [1.165, 1.54) is 5.56 Å². The quantitative estimate of drug-likeness (QED) is 0.392. The molecular formula is C23H23N9O. The number of fused-ring (bicyclic) bond motifs is 2. The summed E-state index contributed by atoms with van der Waals surface area (Å²) in [7, 11) is 1.95. The van der Waals surface area contributed by atoms with E-state index < -0.39 is 0 Å². The average molecular weight is 441 g/mol. The standard InChI is InChI=1S/C23H23N9O/c1-31-20(15-3-5-18(24)25-11-15)30-19-21(31)26-12-27-22(19)32-8-6-13(7-9-32)14-2-4-16-17(10-14)29-23(33)28-16/h2-5,10-13H,6-9H2,1H3,(H2,24,25)(H2,28,29,33). The van der Waals surface area contributed by atoms with Crippen molar-refractivity contribution in [2.75, 3.05) is 23.7 Å². The van der Waals surface area contributed by atoms with Crippen LogP contribution in [0.4, 0.5) is 11.6 Å². The molecule has 166 valence electrons. The number of hydrogen-bond donors (Lipinski definition) is 3. The molecular weight excluding hydrogens is 418 g/mol. The number of aromatic amines is 2. The third-order valence-corrected chi connectivity index (χ3v) is 6.49. The molecule has 1 aliphatic rings. The molecule has 4 aromatic heterocycles. The van der Waals surface area contributed by atoms with Gasteiger partial charge in [-0.05, 0) is 48.6 Å². The molecule has 4 N–H and O–H groups in total. The second kappa shape index (κ2) is 7.44. The lowest BCUT2D eigenvalue weighted by molar-refractivity contribution is 0.503. The number of hydrogen-bond acceptors (Lipinski definition) is 7. The van der Waals surface area contributed by atoms with Crippen LogP contribution in [0, 0.1) is 0 Å². The second-order valence-electron chi connectivity index (χ2n) is 8.48. The normalized spacial score (nSPS) is 15.0. The molecule has 0 aliphatic carbocycles. The number of nitrogens with two attached hydrogens (primary N) is 1. The molecule has 10 heteroatoms. The van der Waals surface area contributed by atoms with Crippen LogP contribution in [-0.2, 0) is 7.05 Å². The van der Waals surface area contributed by atoms with Crippen LogP contribution in [0.15, 0.2) is 47.7 Å². The molecule has 5 aromatic rings. The molecule has 6 rings (SSSR count). The van der Waals surface area contributed by atoms with Gasteiger partial charge in [-0.3, -0.25) is 0 Å². The van der Waals surface area contributed by atoms with Crippen molar-refractivity contribution < 1.29 is 0 Å². The Balaban J connectivity index is 1.28. The van der Waals surface area contributed by atoms with Crippen molar-refractivity contribution in [1.29, 1.82) is 0 Å². The largest absolute Gasteiger partial charge is 0.384 e. The maximum absolute atomic E-state index is 11.6. The first-order chi connectivity index (χ1) is 16.1. The lowest BCUT2D eigenvalue weighted by Gasteiger charge is -2.33. The zero-order valence-corrected chi connectivity index (χ0v) is 18.1. The predicted octanol–water partition coefficient (Wildman–Crippen LogP) is 2.56. The number of nitrogen functional groups attached to an aromatic ring is 1. The van der Waals surface area contributed by atoms with Gasteiger partial charge in [0.1, 0.15) is 18.0 Å². The fraction of sp³-hybridized carbons (Fsp3) is 0.261. The van der Waals surface area contributed by atoms with E-state index in [1.54, 1.807) is 18.6 Å². The van der Waals surface area contributed by atoms with Crippen molar-refractivity contribution in [1.82, 2.24) is 34.5 Å². The molecule has 0 unspecified atom stereocenters. The first-order valence-electron chi connectivity index (χ1n) is 10.9. The minimum absolute atomic E-state index is 0.172. The van der Waals surface area contributed by atoms with Crippen molar-refractivity contribution in [2.24, 2.45) is 7.05 Å². The number of nitrogens with zero attached hydrogens (tertiary/aromatic N) is 6. The highest BCUT2D eigenvalue weighted by Crippen LogP contribution is 2.33. The molecule has 0 radical (unpaired) electrons. The first kappa shape index (κ1) is 19.5. The maximum Gasteiger partial charge on any atom is 0.323 e. The highest BCUT2D eigenvalue weighted by molar-refractivity contribution is 5.87. The monoisotopic (exact) mass is 441 g/mol. The van der Waals surface area contributed by atoms with Crippen LogP contribution in [-0.4, -0.2) is 47.6 Å². The number of H-pyrrole nitrogens is 2. The van der Waals surface area contributed by atoms with Crippen LogP contribution < -0.4 is 16.3 Å². The number of benzene rings is 1. The fourth-order valence-corrected chi connectivity index (χ4v) is 4.74. The minimum Gasteiger partial charge on any atom is -0.384 e. The Morgan fingerprint density at radius 2 is 1.85 bits per heavy atom. The number of aryl methyl sites for hydroxylation is 1. The zero-order chi connectivity index (χ0) is 22.5. The molecule has 1 saturated heterocycles. The van der Waals surface area contributed by atoms with E-state index in [1.807, 2.05) is 23.7 Å². The molecule has 5 heterocycles. The highest BCUT2D eigenvalue weighted by Gasteiger charge is 2.25. The summed E-state index contributed by atoms with van der Waals surface area (Å²) in [5, 5.41) is 0. The van der Waals surface area contributed by atoms with Crippen molar-refractivity contribution >= 4 is 33.8 Å². The van der Waals surface area contributed by atoms with Crippen LogP contribution in [0.25, 0.3) is 33.6 Å². The molecule has 0 bridgehead atoms.